The Balaban J connectivity index is 1.18. The largest absolute Gasteiger partial charge is 0.385 e. The third-order valence-corrected chi connectivity index (χ3v) is 7.12. The molecule has 0 aromatic carbocycles. The number of aliphatic hydroxyl groups is 1. The first-order chi connectivity index (χ1) is 15.5. The molecule has 1 aliphatic carbocycles. The van der Waals surface area contributed by atoms with Gasteiger partial charge in [0.05, 0.1) is 11.1 Å². The number of aromatic nitrogens is 6. The first kappa shape index (κ1) is 20.8. The monoisotopic (exact) mass is 438 g/mol. The molecule has 0 bridgehead atoms. The average molecular weight is 438 g/mol. The van der Waals surface area contributed by atoms with Crippen molar-refractivity contribution in [2.45, 2.75) is 45.1 Å². The Morgan fingerprint density at radius 1 is 1.09 bits per heavy atom. The molecule has 1 unspecified atom stereocenters. The molecule has 32 heavy (non-hydrogen) atoms. The summed E-state index contributed by atoms with van der Waals surface area (Å²) in [6, 6.07) is 3.43. The molecular weight excluding hydrogens is 412 g/mol. The van der Waals surface area contributed by atoms with Gasteiger partial charge in [-0.1, -0.05) is 0 Å². The molecule has 168 valence electrons. The topological polar surface area (TPSA) is 130 Å². The second-order valence-corrected chi connectivity index (χ2v) is 8.87. The Hall–Kier alpha value is -3.05. The molecule has 0 radical (unpaired) electrons. The predicted molar refractivity (Wildman–Crippen MR) is 111 cm³/mol. The standard InChI is InChI=1S/C21H26N8O3/c1-14-16(3-4-17(14)30)28-11-8-21(20(28)32)6-9-27(10-7-21)12-18(31)15-2-5-19(24-23-15)29-13-22-25-26-29/h2,5,13,18,31H,3-4,6-12H2,1H3. The van der Waals surface area contributed by atoms with Crippen molar-refractivity contribution in [2.75, 3.05) is 26.2 Å². The van der Waals surface area contributed by atoms with Gasteiger partial charge in [0.15, 0.2) is 11.6 Å². The van der Waals surface area contributed by atoms with E-state index < -0.39 is 6.10 Å². The molecule has 11 nitrogen and oxygen atoms in total. The van der Waals surface area contributed by atoms with Crippen LogP contribution in [0.5, 0.6) is 0 Å². The molecule has 2 aromatic heterocycles. The second kappa shape index (κ2) is 8.14. The fourth-order valence-electron chi connectivity index (χ4n) is 5.05. The Kier molecular flexibility index (Phi) is 5.30. The lowest BCUT2D eigenvalue weighted by Crippen LogP contribution is -2.45. The van der Waals surface area contributed by atoms with Gasteiger partial charge in [-0.3, -0.25) is 9.59 Å². The number of piperidine rings is 1. The van der Waals surface area contributed by atoms with Gasteiger partial charge < -0.3 is 14.9 Å². The van der Waals surface area contributed by atoms with Gasteiger partial charge in [-0.05, 0) is 68.3 Å². The highest BCUT2D eigenvalue weighted by Crippen LogP contribution is 2.44. The van der Waals surface area contributed by atoms with E-state index in [9.17, 15) is 14.7 Å². The third kappa shape index (κ3) is 3.61. The Morgan fingerprint density at radius 3 is 2.50 bits per heavy atom. The number of amides is 1. The predicted octanol–water partition coefficient (Wildman–Crippen LogP) is 0.437. The average Bonchev–Trinajstić information content (AvgIpc) is 3.53. The van der Waals surface area contributed by atoms with E-state index in [2.05, 4.69) is 30.6 Å². The van der Waals surface area contributed by atoms with Gasteiger partial charge in [0.1, 0.15) is 12.4 Å². The van der Waals surface area contributed by atoms with E-state index in [0.29, 0.717) is 37.4 Å². The summed E-state index contributed by atoms with van der Waals surface area (Å²) in [6.07, 6.45) is 4.21. The lowest BCUT2D eigenvalue weighted by atomic mass is 9.77. The number of ketones is 1. The zero-order valence-electron chi connectivity index (χ0n) is 18.0. The van der Waals surface area contributed by atoms with E-state index in [0.717, 1.165) is 43.6 Å². The minimum atomic E-state index is -0.771. The zero-order chi connectivity index (χ0) is 22.3. The van der Waals surface area contributed by atoms with Crippen molar-refractivity contribution >= 4 is 11.7 Å². The second-order valence-electron chi connectivity index (χ2n) is 8.87. The maximum absolute atomic E-state index is 13.3. The number of β-amino-alcohol motifs (C(OH)–C–C–N with tert-alkyl or cyclic N) is 1. The van der Waals surface area contributed by atoms with E-state index in [-0.39, 0.29) is 17.1 Å². The van der Waals surface area contributed by atoms with Gasteiger partial charge in [-0.15, -0.1) is 10.2 Å². The normalized spacial score (nSPS) is 22.4. The number of hydrogen-bond acceptors (Lipinski definition) is 9. The van der Waals surface area contributed by atoms with Crippen molar-refractivity contribution in [1.82, 2.24) is 40.2 Å². The fourth-order valence-corrected chi connectivity index (χ4v) is 5.05. The van der Waals surface area contributed by atoms with Crippen LogP contribution in [-0.2, 0) is 9.59 Å². The van der Waals surface area contributed by atoms with Crippen LogP contribution < -0.4 is 0 Å². The van der Waals surface area contributed by atoms with Crippen LogP contribution >= 0.6 is 0 Å². The zero-order valence-corrected chi connectivity index (χ0v) is 18.0. The molecule has 2 saturated heterocycles. The number of tetrazole rings is 1. The Morgan fingerprint density at radius 2 is 1.88 bits per heavy atom. The fraction of sp³-hybridized carbons (Fsp3) is 0.571. The number of carbonyl (C=O) groups excluding carboxylic acids is 2. The number of likely N-dealkylation sites (tertiary alicyclic amines) is 2. The van der Waals surface area contributed by atoms with Crippen LogP contribution in [0.3, 0.4) is 0 Å². The number of Topliss-reactive ketones (excluding diaryl/α,β-unsaturated/α-hetero) is 1. The smallest absolute Gasteiger partial charge is 0.233 e. The molecule has 1 atom stereocenters. The van der Waals surface area contributed by atoms with Crippen molar-refractivity contribution in [3.8, 4) is 5.82 Å². The highest BCUT2D eigenvalue weighted by Gasteiger charge is 2.49. The summed E-state index contributed by atoms with van der Waals surface area (Å²) in [4.78, 5) is 29.2. The highest BCUT2D eigenvalue weighted by molar-refractivity contribution is 5.99. The van der Waals surface area contributed by atoms with E-state index in [1.54, 1.807) is 12.1 Å². The number of nitrogens with zero attached hydrogens (tertiary/aromatic N) is 8. The maximum Gasteiger partial charge on any atom is 0.233 e. The van der Waals surface area contributed by atoms with Crippen molar-refractivity contribution in [1.29, 1.82) is 0 Å². The molecular formula is C21H26N8O3. The first-order valence-corrected chi connectivity index (χ1v) is 11.0. The van der Waals surface area contributed by atoms with Crippen molar-refractivity contribution < 1.29 is 14.7 Å². The number of rotatable bonds is 5. The van der Waals surface area contributed by atoms with E-state index >= 15 is 0 Å². The molecule has 1 N–H and O–H groups in total. The van der Waals surface area contributed by atoms with Gasteiger partial charge in [0.2, 0.25) is 5.91 Å². The van der Waals surface area contributed by atoms with Crippen LogP contribution in [-0.4, -0.2) is 83.2 Å². The summed E-state index contributed by atoms with van der Waals surface area (Å²) in [5, 5.41) is 29.7. The van der Waals surface area contributed by atoms with Crippen LogP contribution in [0.4, 0.5) is 0 Å². The molecule has 3 aliphatic rings. The summed E-state index contributed by atoms with van der Waals surface area (Å²) in [7, 11) is 0. The van der Waals surface area contributed by atoms with Crippen LogP contribution in [0.1, 0.15) is 50.8 Å². The van der Waals surface area contributed by atoms with Crippen molar-refractivity contribution in [3.63, 3.8) is 0 Å². The van der Waals surface area contributed by atoms with Crippen LogP contribution in [0.15, 0.2) is 29.7 Å². The summed E-state index contributed by atoms with van der Waals surface area (Å²) in [6.45, 7) is 4.45. The van der Waals surface area contributed by atoms with Crippen LogP contribution in [0, 0.1) is 5.41 Å². The minimum Gasteiger partial charge on any atom is -0.385 e. The van der Waals surface area contributed by atoms with E-state index in [1.165, 1.54) is 11.0 Å². The van der Waals surface area contributed by atoms with Crippen molar-refractivity contribution in [2.24, 2.45) is 5.41 Å². The molecule has 1 amide bonds. The summed E-state index contributed by atoms with van der Waals surface area (Å²) in [5.41, 5.74) is 1.83. The quantitative estimate of drug-likeness (QED) is 0.706. The number of allylic oxidation sites excluding steroid dienone is 2. The van der Waals surface area contributed by atoms with Crippen LogP contribution in [0.25, 0.3) is 5.82 Å². The van der Waals surface area contributed by atoms with E-state index in [1.807, 2.05) is 11.8 Å². The van der Waals surface area contributed by atoms with Gasteiger partial charge in [-0.25, -0.2) is 0 Å². The summed E-state index contributed by atoms with van der Waals surface area (Å²) in [5.74, 6) is 0.807. The molecule has 1 spiro atoms. The van der Waals surface area contributed by atoms with E-state index in [4.69, 9.17) is 0 Å². The van der Waals surface area contributed by atoms with Gasteiger partial charge >= 0.3 is 0 Å². The molecule has 2 aliphatic heterocycles. The van der Waals surface area contributed by atoms with Gasteiger partial charge in [0.25, 0.3) is 0 Å². The first-order valence-electron chi connectivity index (χ1n) is 11.0. The summed E-state index contributed by atoms with van der Waals surface area (Å²) < 4.78 is 1.40. The molecule has 4 heterocycles. The third-order valence-electron chi connectivity index (χ3n) is 7.12. The molecule has 2 fully saturated rings. The molecule has 11 heteroatoms. The lowest BCUT2D eigenvalue weighted by Gasteiger charge is -2.38. The van der Waals surface area contributed by atoms with Gasteiger partial charge in [-0.2, -0.15) is 9.78 Å². The van der Waals surface area contributed by atoms with Crippen molar-refractivity contribution in [3.05, 3.63) is 35.4 Å². The minimum absolute atomic E-state index is 0.159. The lowest BCUT2D eigenvalue weighted by molar-refractivity contribution is -0.137. The molecule has 2 aromatic rings. The molecule has 5 rings (SSSR count). The summed E-state index contributed by atoms with van der Waals surface area (Å²) >= 11 is 0. The Labute approximate surface area is 185 Å². The molecule has 0 saturated carbocycles. The van der Waals surface area contributed by atoms with Gasteiger partial charge in [0, 0.05) is 30.8 Å². The highest BCUT2D eigenvalue weighted by atomic mass is 16.3. The maximum atomic E-state index is 13.3. The number of hydrogen-bond donors (Lipinski definition) is 1. The van der Waals surface area contributed by atoms with Crippen LogP contribution in [0.2, 0.25) is 0 Å². The number of aliphatic hydroxyl groups excluding tert-OH is 1. The number of carbonyl (C=O) groups is 2. The Bertz CT molecular complexity index is 1040. The SMILES string of the molecule is CC1=C(N2CCC3(CCN(CC(O)c4ccc(-n5cnnn5)nn4)CC3)C2=O)CCC1=O.